The Kier molecular flexibility index (Phi) is 4.51. The second-order valence-electron chi connectivity index (χ2n) is 5.22. The number of aromatic carboxylic acids is 1. The van der Waals surface area contributed by atoms with E-state index in [1.807, 2.05) is 0 Å². The molecular weight excluding hydrogens is 290 g/mol. The van der Waals surface area contributed by atoms with Crippen molar-refractivity contribution in [1.29, 1.82) is 0 Å². The number of carboxylic acid groups (broad SMARTS) is 1. The molecule has 0 saturated carbocycles. The summed E-state index contributed by atoms with van der Waals surface area (Å²) in [5, 5.41) is 9.04. The molecule has 116 valence electrons. The Balaban J connectivity index is 2.13. The predicted octanol–water partition coefficient (Wildman–Crippen LogP) is 3.30. The van der Waals surface area contributed by atoms with Crippen molar-refractivity contribution in [2.75, 3.05) is 13.1 Å². The first kappa shape index (κ1) is 15.8. The Morgan fingerprint density at radius 2 is 2.10 bits per heavy atom. The van der Waals surface area contributed by atoms with Crippen LogP contribution in [0, 0.1) is 11.7 Å². The van der Waals surface area contributed by atoms with Gasteiger partial charge in [0.05, 0.1) is 11.5 Å². The Hall–Kier alpha value is -1.63. The molecule has 1 aromatic rings. The molecule has 0 bridgehead atoms. The zero-order valence-corrected chi connectivity index (χ0v) is 11.2. The Morgan fingerprint density at radius 1 is 1.38 bits per heavy atom. The highest BCUT2D eigenvalue weighted by Gasteiger charge is 2.41. The molecule has 0 amide bonds. The Bertz CT molecular complexity index is 530. The van der Waals surface area contributed by atoms with Gasteiger partial charge in [-0.15, -0.1) is 0 Å². The van der Waals surface area contributed by atoms with E-state index in [2.05, 4.69) is 0 Å². The maximum atomic E-state index is 13.1. The van der Waals surface area contributed by atoms with Gasteiger partial charge >= 0.3 is 12.1 Å². The van der Waals surface area contributed by atoms with Crippen LogP contribution >= 0.6 is 0 Å². The van der Waals surface area contributed by atoms with Gasteiger partial charge in [-0.05, 0) is 37.1 Å². The van der Waals surface area contributed by atoms with Crippen molar-refractivity contribution in [3.63, 3.8) is 0 Å². The second kappa shape index (κ2) is 6.01. The lowest BCUT2D eigenvalue weighted by molar-refractivity contribution is -0.187. The third-order valence-corrected chi connectivity index (χ3v) is 3.66. The van der Waals surface area contributed by atoms with E-state index in [9.17, 15) is 22.4 Å². The number of benzene rings is 1. The average Bonchev–Trinajstić information content (AvgIpc) is 2.40. The van der Waals surface area contributed by atoms with Crippen LogP contribution in [0.3, 0.4) is 0 Å². The van der Waals surface area contributed by atoms with Gasteiger partial charge in [-0.3, -0.25) is 4.90 Å². The van der Waals surface area contributed by atoms with Crippen molar-refractivity contribution in [2.45, 2.75) is 25.6 Å². The quantitative estimate of drug-likeness (QED) is 0.871. The smallest absolute Gasteiger partial charge is 0.393 e. The van der Waals surface area contributed by atoms with Crippen molar-refractivity contribution >= 4 is 5.97 Å². The van der Waals surface area contributed by atoms with Gasteiger partial charge in [-0.2, -0.15) is 13.2 Å². The third-order valence-electron chi connectivity index (χ3n) is 3.66. The summed E-state index contributed by atoms with van der Waals surface area (Å²) in [5.74, 6) is -3.35. The number of carbonyl (C=O) groups is 1. The number of halogens is 4. The molecule has 0 radical (unpaired) electrons. The maximum Gasteiger partial charge on any atom is 0.393 e. The molecule has 1 saturated heterocycles. The minimum atomic E-state index is -4.24. The van der Waals surface area contributed by atoms with E-state index < -0.39 is 23.9 Å². The highest BCUT2D eigenvalue weighted by Crippen LogP contribution is 2.33. The van der Waals surface area contributed by atoms with Crippen molar-refractivity contribution < 1.29 is 27.5 Å². The number of nitrogens with zero attached hydrogens (tertiary/aromatic N) is 1. The highest BCUT2D eigenvalue weighted by atomic mass is 19.4. The lowest BCUT2D eigenvalue weighted by Gasteiger charge is -2.33. The van der Waals surface area contributed by atoms with E-state index in [0.717, 1.165) is 12.1 Å². The Labute approximate surface area is 119 Å². The van der Waals surface area contributed by atoms with Crippen LogP contribution in [0.5, 0.6) is 0 Å². The van der Waals surface area contributed by atoms with Gasteiger partial charge < -0.3 is 5.11 Å². The summed E-state index contributed by atoms with van der Waals surface area (Å²) < 4.78 is 51.3. The first-order valence-electron chi connectivity index (χ1n) is 6.58. The third kappa shape index (κ3) is 3.93. The van der Waals surface area contributed by atoms with Crippen LogP contribution in [0.2, 0.25) is 0 Å². The predicted molar refractivity (Wildman–Crippen MR) is 67.4 cm³/mol. The number of alkyl halides is 3. The zero-order chi connectivity index (χ0) is 15.6. The molecule has 0 aliphatic carbocycles. The molecule has 1 fully saturated rings. The van der Waals surface area contributed by atoms with Gasteiger partial charge in [-0.25, -0.2) is 9.18 Å². The zero-order valence-electron chi connectivity index (χ0n) is 11.2. The fourth-order valence-electron chi connectivity index (χ4n) is 2.59. The summed E-state index contributed by atoms with van der Waals surface area (Å²) in [5.41, 5.74) is 0.121. The molecule has 21 heavy (non-hydrogen) atoms. The van der Waals surface area contributed by atoms with E-state index in [1.165, 1.54) is 6.07 Å². The van der Waals surface area contributed by atoms with Crippen molar-refractivity contribution in [2.24, 2.45) is 5.92 Å². The number of rotatable bonds is 3. The molecule has 1 heterocycles. The molecular formula is C14H15F4NO2. The van der Waals surface area contributed by atoms with Gasteiger partial charge in [0, 0.05) is 13.1 Å². The van der Waals surface area contributed by atoms with E-state index in [1.54, 1.807) is 4.90 Å². The first-order valence-corrected chi connectivity index (χ1v) is 6.58. The van der Waals surface area contributed by atoms with E-state index >= 15 is 0 Å². The Morgan fingerprint density at radius 3 is 2.71 bits per heavy atom. The van der Waals surface area contributed by atoms with Gasteiger partial charge in [0.15, 0.2) is 0 Å². The summed E-state index contributed by atoms with van der Waals surface area (Å²) in [7, 11) is 0. The second-order valence-corrected chi connectivity index (χ2v) is 5.22. The van der Waals surface area contributed by atoms with E-state index in [-0.39, 0.29) is 25.1 Å². The van der Waals surface area contributed by atoms with Crippen LogP contribution in [-0.2, 0) is 6.54 Å². The minimum absolute atomic E-state index is 0.0779. The molecule has 1 aliphatic rings. The number of likely N-dealkylation sites (tertiary alicyclic amines) is 1. The van der Waals surface area contributed by atoms with Crippen LogP contribution in [0.4, 0.5) is 17.6 Å². The molecule has 1 aromatic carbocycles. The molecule has 7 heteroatoms. The van der Waals surface area contributed by atoms with Crippen LogP contribution in [-0.4, -0.2) is 35.2 Å². The molecule has 1 N–H and O–H groups in total. The summed E-state index contributed by atoms with van der Waals surface area (Å²) in [6.07, 6.45) is -3.74. The average molecular weight is 305 g/mol. The summed E-state index contributed by atoms with van der Waals surface area (Å²) in [6.45, 7) is 0.400. The topological polar surface area (TPSA) is 40.5 Å². The standard InChI is InChI=1S/C14H15F4NO2/c15-11-4-3-9(12(6-11)13(20)21)7-19-5-1-2-10(8-19)14(16,17)18/h3-4,6,10H,1-2,5,7-8H2,(H,20,21). The van der Waals surface area contributed by atoms with Crippen LogP contribution in [0.15, 0.2) is 18.2 Å². The van der Waals surface area contributed by atoms with E-state index in [4.69, 9.17) is 5.11 Å². The van der Waals surface area contributed by atoms with Gasteiger partial charge in [0.25, 0.3) is 0 Å². The fraction of sp³-hybridized carbons (Fsp3) is 0.500. The SMILES string of the molecule is O=C(O)c1cc(F)ccc1CN1CCCC(C(F)(F)F)C1. The van der Waals surface area contributed by atoms with Gasteiger partial charge in [-0.1, -0.05) is 6.07 Å². The molecule has 0 aromatic heterocycles. The number of hydrogen-bond acceptors (Lipinski definition) is 2. The minimum Gasteiger partial charge on any atom is -0.478 e. The number of hydrogen-bond donors (Lipinski definition) is 1. The molecule has 2 rings (SSSR count). The van der Waals surface area contributed by atoms with Crippen molar-refractivity contribution in [3.05, 3.63) is 35.1 Å². The lowest BCUT2D eigenvalue weighted by atomic mass is 9.96. The molecule has 3 nitrogen and oxygen atoms in total. The van der Waals surface area contributed by atoms with Crippen molar-refractivity contribution in [3.8, 4) is 0 Å². The van der Waals surface area contributed by atoms with Crippen LogP contribution < -0.4 is 0 Å². The number of piperidine rings is 1. The molecule has 1 unspecified atom stereocenters. The lowest BCUT2D eigenvalue weighted by Crippen LogP contribution is -2.41. The van der Waals surface area contributed by atoms with Crippen molar-refractivity contribution in [1.82, 2.24) is 4.90 Å². The largest absolute Gasteiger partial charge is 0.478 e. The van der Waals surface area contributed by atoms with Gasteiger partial charge in [0.2, 0.25) is 0 Å². The number of carboxylic acids is 1. The maximum absolute atomic E-state index is 13.1. The highest BCUT2D eigenvalue weighted by molar-refractivity contribution is 5.89. The van der Waals surface area contributed by atoms with Crippen LogP contribution in [0.25, 0.3) is 0 Å². The summed E-state index contributed by atoms with van der Waals surface area (Å²) in [4.78, 5) is 12.6. The molecule has 1 aliphatic heterocycles. The normalized spacial score (nSPS) is 20.5. The summed E-state index contributed by atoms with van der Waals surface area (Å²) >= 11 is 0. The first-order chi connectivity index (χ1) is 9.77. The fourth-order valence-corrected chi connectivity index (χ4v) is 2.59. The monoisotopic (exact) mass is 305 g/mol. The summed E-state index contributed by atoms with van der Waals surface area (Å²) in [6, 6.07) is 3.33. The molecule has 1 atom stereocenters. The molecule has 0 spiro atoms. The van der Waals surface area contributed by atoms with Crippen LogP contribution in [0.1, 0.15) is 28.8 Å². The van der Waals surface area contributed by atoms with E-state index in [0.29, 0.717) is 18.5 Å². The van der Waals surface area contributed by atoms with Gasteiger partial charge in [0.1, 0.15) is 5.82 Å².